The Morgan fingerprint density at radius 2 is 2.06 bits per heavy atom. The van der Waals surface area contributed by atoms with E-state index in [-0.39, 0.29) is 16.7 Å². The minimum Gasteiger partial charge on any atom is -0.481 e. The van der Waals surface area contributed by atoms with Gasteiger partial charge >= 0.3 is 12.1 Å². The number of alkyl halides is 3. The largest absolute Gasteiger partial charge is 0.481 e. The number of carboxylic acid groups (broad SMARTS) is 1. The number of nitrogens with zero attached hydrogens (tertiary/aromatic N) is 1. The molecule has 0 amide bonds. The summed E-state index contributed by atoms with van der Waals surface area (Å²) in [5.74, 6) is -1.28. The van der Waals surface area contributed by atoms with Crippen LogP contribution in [-0.4, -0.2) is 11.1 Å². The number of halogens is 3. The van der Waals surface area contributed by atoms with Crippen LogP contribution in [0, 0.1) is 18.3 Å². The first-order valence-corrected chi connectivity index (χ1v) is 4.58. The number of carbonyl (C=O) groups is 1. The van der Waals surface area contributed by atoms with Crippen LogP contribution in [0.4, 0.5) is 13.2 Å². The lowest BCUT2D eigenvalue weighted by Crippen LogP contribution is -2.11. The Kier molecular flexibility index (Phi) is 3.42. The molecule has 0 unspecified atom stereocenters. The Morgan fingerprint density at radius 1 is 1.47 bits per heavy atom. The zero-order valence-electron chi connectivity index (χ0n) is 8.80. The van der Waals surface area contributed by atoms with Gasteiger partial charge in [0.05, 0.1) is 23.6 Å². The maximum Gasteiger partial charge on any atom is 0.416 e. The maximum atomic E-state index is 12.6. The molecule has 0 saturated heterocycles. The van der Waals surface area contributed by atoms with Crippen LogP contribution in [0.2, 0.25) is 0 Å². The van der Waals surface area contributed by atoms with Gasteiger partial charge in [-0.2, -0.15) is 18.4 Å². The first-order valence-electron chi connectivity index (χ1n) is 4.58. The second kappa shape index (κ2) is 4.45. The normalized spacial score (nSPS) is 11.0. The highest BCUT2D eigenvalue weighted by Gasteiger charge is 2.33. The highest BCUT2D eigenvalue weighted by molar-refractivity contribution is 5.71. The minimum atomic E-state index is -4.55. The molecule has 6 heteroatoms. The van der Waals surface area contributed by atoms with Gasteiger partial charge in [-0.3, -0.25) is 4.79 Å². The SMILES string of the molecule is Cc1cc(C#N)c(CC(=O)O)cc1C(F)(F)F. The molecule has 17 heavy (non-hydrogen) atoms. The number of carboxylic acids is 1. The molecule has 0 aliphatic rings. The van der Waals surface area contributed by atoms with Gasteiger partial charge in [-0.25, -0.2) is 0 Å². The molecule has 0 aromatic heterocycles. The maximum absolute atomic E-state index is 12.6. The molecule has 1 N–H and O–H groups in total. The van der Waals surface area contributed by atoms with E-state index in [4.69, 9.17) is 10.4 Å². The van der Waals surface area contributed by atoms with E-state index in [9.17, 15) is 18.0 Å². The molecule has 0 atom stereocenters. The van der Waals surface area contributed by atoms with Crippen molar-refractivity contribution in [1.82, 2.24) is 0 Å². The predicted molar refractivity (Wildman–Crippen MR) is 52.2 cm³/mol. The van der Waals surface area contributed by atoms with Gasteiger partial charge in [-0.1, -0.05) is 0 Å². The van der Waals surface area contributed by atoms with Gasteiger partial charge in [-0.15, -0.1) is 0 Å². The fourth-order valence-corrected chi connectivity index (χ4v) is 1.47. The Labute approximate surface area is 95.1 Å². The van der Waals surface area contributed by atoms with Crippen molar-refractivity contribution in [3.8, 4) is 6.07 Å². The lowest BCUT2D eigenvalue weighted by molar-refractivity contribution is -0.139. The van der Waals surface area contributed by atoms with Crippen molar-refractivity contribution < 1.29 is 23.1 Å². The summed E-state index contributed by atoms with van der Waals surface area (Å²) in [5, 5.41) is 17.3. The van der Waals surface area contributed by atoms with Gasteiger partial charge in [-0.05, 0) is 30.2 Å². The van der Waals surface area contributed by atoms with Crippen LogP contribution in [0.15, 0.2) is 12.1 Å². The van der Waals surface area contributed by atoms with Crippen molar-refractivity contribution in [2.75, 3.05) is 0 Å². The molecule has 1 rings (SSSR count). The summed E-state index contributed by atoms with van der Waals surface area (Å²) in [6.07, 6.45) is -5.16. The zero-order valence-corrected chi connectivity index (χ0v) is 8.80. The van der Waals surface area contributed by atoms with E-state index in [1.54, 1.807) is 6.07 Å². The van der Waals surface area contributed by atoms with Crippen LogP contribution >= 0.6 is 0 Å². The summed E-state index contributed by atoms with van der Waals surface area (Å²) in [6, 6.07) is 3.47. The monoisotopic (exact) mass is 243 g/mol. The Bertz CT molecular complexity index is 501. The summed E-state index contributed by atoms with van der Waals surface area (Å²) in [6.45, 7) is 1.23. The molecule has 0 spiro atoms. The minimum absolute atomic E-state index is 0.0436. The Hall–Kier alpha value is -2.03. The predicted octanol–water partition coefficient (Wildman–Crippen LogP) is 2.51. The first-order chi connectivity index (χ1) is 7.75. The van der Waals surface area contributed by atoms with Crippen LogP contribution in [0.5, 0.6) is 0 Å². The van der Waals surface area contributed by atoms with E-state index >= 15 is 0 Å². The fraction of sp³-hybridized carbons (Fsp3) is 0.273. The molecule has 90 valence electrons. The van der Waals surface area contributed by atoms with E-state index < -0.39 is 24.1 Å². The average molecular weight is 243 g/mol. The molecule has 0 radical (unpaired) electrons. The standard InChI is InChI=1S/C11H8F3NO2/c1-6-2-8(5-15)7(4-10(16)17)3-9(6)11(12,13)14/h2-3H,4H2,1H3,(H,16,17). The van der Waals surface area contributed by atoms with Gasteiger partial charge in [0.2, 0.25) is 0 Å². The molecule has 0 aliphatic heterocycles. The van der Waals surface area contributed by atoms with Crippen molar-refractivity contribution in [1.29, 1.82) is 5.26 Å². The molecular formula is C11H8F3NO2. The lowest BCUT2D eigenvalue weighted by Gasteiger charge is -2.12. The smallest absolute Gasteiger partial charge is 0.416 e. The number of benzene rings is 1. The molecule has 0 fully saturated rings. The summed E-state index contributed by atoms with van der Waals surface area (Å²) in [4.78, 5) is 10.5. The molecular weight excluding hydrogens is 235 g/mol. The molecule has 0 bridgehead atoms. The molecule has 3 nitrogen and oxygen atoms in total. The summed E-state index contributed by atoms with van der Waals surface area (Å²) in [7, 11) is 0. The topological polar surface area (TPSA) is 61.1 Å². The molecule has 1 aromatic carbocycles. The Balaban J connectivity index is 3.39. The van der Waals surface area contributed by atoms with Crippen molar-refractivity contribution in [3.63, 3.8) is 0 Å². The van der Waals surface area contributed by atoms with Gasteiger partial charge in [0, 0.05) is 0 Å². The first kappa shape index (κ1) is 13.0. The van der Waals surface area contributed by atoms with E-state index in [1.807, 2.05) is 0 Å². The van der Waals surface area contributed by atoms with E-state index in [0.717, 1.165) is 12.1 Å². The number of nitriles is 1. The Morgan fingerprint density at radius 3 is 2.47 bits per heavy atom. The van der Waals surface area contributed by atoms with Crippen LogP contribution in [0.3, 0.4) is 0 Å². The van der Waals surface area contributed by atoms with Crippen molar-refractivity contribution in [3.05, 3.63) is 34.4 Å². The average Bonchev–Trinajstić information content (AvgIpc) is 2.17. The highest BCUT2D eigenvalue weighted by atomic mass is 19.4. The van der Waals surface area contributed by atoms with Crippen LogP contribution in [0.25, 0.3) is 0 Å². The highest BCUT2D eigenvalue weighted by Crippen LogP contribution is 2.33. The van der Waals surface area contributed by atoms with Crippen molar-refractivity contribution in [2.45, 2.75) is 19.5 Å². The number of aliphatic carboxylic acids is 1. The molecule has 0 heterocycles. The number of hydrogen-bond acceptors (Lipinski definition) is 2. The lowest BCUT2D eigenvalue weighted by atomic mass is 9.97. The quantitative estimate of drug-likeness (QED) is 0.868. The molecule has 0 saturated carbocycles. The van der Waals surface area contributed by atoms with E-state index in [2.05, 4.69) is 0 Å². The van der Waals surface area contributed by atoms with Gasteiger partial charge in [0.25, 0.3) is 0 Å². The third kappa shape index (κ3) is 2.97. The summed E-state index contributed by atoms with van der Waals surface area (Å²) in [5.41, 5.74) is -1.17. The molecule has 1 aromatic rings. The van der Waals surface area contributed by atoms with Crippen LogP contribution in [0.1, 0.15) is 22.3 Å². The summed E-state index contributed by atoms with van der Waals surface area (Å²) >= 11 is 0. The van der Waals surface area contributed by atoms with Gasteiger partial charge in [0.1, 0.15) is 0 Å². The van der Waals surface area contributed by atoms with Crippen LogP contribution in [-0.2, 0) is 17.4 Å². The van der Waals surface area contributed by atoms with Crippen molar-refractivity contribution in [2.24, 2.45) is 0 Å². The van der Waals surface area contributed by atoms with Gasteiger partial charge < -0.3 is 5.11 Å². The number of rotatable bonds is 2. The van der Waals surface area contributed by atoms with Gasteiger partial charge in [0.15, 0.2) is 0 Å². The second-order valence-corrected chi connectivity index (χ2v) is 3.50. The van der Waals surface area contributed by atoms with Crippen LogP contribution < -0.4 is 0 Å². The van der Waals surface area contributed by atoms with E-state index in [0.29, 0.717) is 0 Å². The number of hydrogen-bond donors (Lipinski definition) is 1. The third-order valence-electron chi connectivity index (χ3n) is 2.22. The second-order valence-electron chi connectivity index (χ2n) is 3.50. The third-order valence-corrected chi connectivity index (χ3v) is 2.22. The summed E-state index contributed by atoms with van der Waals surface area (Å²) < 4.78 is 37.7. The van der Waals surface area contributed by atoms with Crippen molar-refractivity contribution >= 4 is 5.97 Å². The zero-order chi connectivity index (χ0) is 13.2. The fourth-order valence-electron chi connectivity index (χ4n) is 1.47. The molecule has 0 aliphatic carbocycles. The number of aryl methyl sites for hydroxylation is 1. The van der Waals surface area contributed by atoms with E-state index in [1.165, 1.54) is 6.92 Å².